The van der Waals surface area contributed by atoms with E-state index in [9.17, 15) is 13.2 Å². The molecule has 0 bridgehead atoms. The quantitative estimate of drug-likeness (QED) is 0.895. The van der Waals surface area contributed by atoms with Crippen molar-refractivity contribution in [3.05, 3.63) is 48.3 Å². The minimum Gasteiger partial charge on any atom is -0.477 e. The normalized spacial score (nSPS) is 12.1. The Morgan fingerprint density at radius 3 is 2.39 bits per heavy atom. The maximum Gasteiger partial charge on any atom is 0.354 e. The van der Waals surface area contributed by atoms with Crippen LogP contribution in [0.5, 0.6) is 0 Å². The summed E-state index contributed by atoms with van der Waals surface area (Å²) in [4.78, 5) is 14.9. The molecule has 0 amide bonds. The van der Waals surface area contributed by atoms with E-state index in [-0.39, 0.29) is 10.6 Å². The van der Waals surface area contributed by atoms with Gasteiger partial charge in [0.15, 0.2) is 0 Å². The van der Waals surface area contributed by atoms with Gasteiger partial charge in [-0.05, 0) is 56.2 Å². The van der Waals surface area contributed by atoms with Gasteiger partial charge in [0.1, 0.15) is 5.69 Å². The van der Waals surface area contributed by atoms with Crippen LogP contribution in [0.25, 0.3) is 11.1 Å². The van der Waals surface area contributed by atoms with Gasteiger partial charge in [-0.3, -0.25) is 0 Å². The molecule has 0 aliphatic rings. The van der Waals surface area contributed by atoms with E-state index in [4.69, 9.17) is 5.11 Å². The molecule has 7 heteroatoms. The number of nitrogens with zero attached hydrogens (tertiary/aromatic N) is 1. The van der Waals surface area contributed by atoms with Crippen molar-refractivity contribution in [1.29, 1.82) is 0 Å². The number of rotatable bonds is 4. The second kappa shape index (κ2) is 6.10. The molecule has 0 radical (unpaired) electrons. The molecule has 2 N–H and O–H groups in total. The molecular formula is C16H18N2O4S. The third kappa shape index (κ3) is 4.37. The number of aromatic nitrogens is 1. The second-order valence-electron chi connectivity index (χ2n) is 6.12. The minimum atomic E-state index is -3.66. The van der Waals surface area contributed by atoms with Gasteiger partial charge in [0.05, 0.1) is 4.90 Å². The summed E-state index contributed by atoms with van der Waals surface area (Å²) >= 11 is 0. The zero-order valence-electron chi connectivity index (χ0n) is 13.1. The van der Waals surface area contributed by atoms with Gasteiger partial charge in [0, 0.05) is 11.7 Å². The molecule has 0 fully saturated rings. The van der Waals surface area contributed by atoms with Crippen LogP contribution in [0.2, 0.25) is 0 Å². The van der Waals surface area contributed by atoms with Gasteiger partial charge >= 0.3 is 5.97 Å². The smallest absolute Gasteiger partial charge is 0.354 e. The Morgan fingerprint density at radius 2 is 1.78 bits per heavy atom. The average molecular weight is 334 g/mol. The first kappa shape index (κ1) is 17.1. The lowest BCUT2D eigenvalue weighted by molar-refractivity contribution is 0.0690. The van der Waals surface area contributed by atoms with E-state index in [2.05, 4.69) is 9.71 Å². The molecule has 0 spiro atoms. The number of carbonyl (C=O) groups is 1. The number of nitrogens with one attached hydrogen (secondary N) is 1. The summed E-state index contributed by atoms with van der Waals surface area (Å²) in [5, 5.41) is 9.00. The standard InChI is InChI=1S/C16H18N2O4S/c1-16(2,3)18-23(21,22)13-6-4-5-11(9-13)12-7-8-17-14(10-12)15(19)20/h4-10,18H,1-3H3,(H,19,20). The molecule has 0 aliphatic heterocycles. The SMILES string of the molecule is CC(C)(C)NS(=O)(=O)c1cccc(-c2ccnc(C(=O)O)c2)c1. The molecule has 0 saturated heterocycles. The van der Waals surface area contributed by atoms with Crippen molar-refractivity contribution in [2.45, 2.75) is 31.2 Å². The van der Waals surface area contributed by atoms with Gasteiger partial charge in [-0.25, -0.2) is 22.9 Å². The highest BCUT2D eigenvalue weighted by Crippen LogP contribution is 2.23. The molecular weight excluding hydrogens is 316 g/mol. The molecule has 1 aromatic heterocycles. The monoisotopic (exact) mass is 334 g/mol. The van der Waals surface area contributed by atoms with E-state index in [1.165, 1.54) is 24.4 Å². The molecule has 1 aromatic carbocycles. The van der Waals surface area contributed by atoms with Crippen molar-refractivity contribution < 1.29 is 18.3 Å². The summed E-state index contributed by atoms with van der Waals surface area (Å²) in [5.41, 5.74) is 0.502. The molecule has 1 heterocycles. The third-order valence-electron chi connectivity index (χ3n) is 2.90. The average Bonchev–Trinajstić information content (AvgIpc) is 2.45. The number of pyridine rings is 1. The Bertz CT molecular complexity index is 839. The highest BCUT2D eigenvalue weighted by Gasteiger charge is 2.22. The molecule has 0 unspecified atom stereocenters. The summed E-state index contributed by atoms with van der Waals surface area (Å²) in [6, 6.07) is 9.39. The van der Waals surface area contributed by atoms with E-state index in [1.807, 2.05) is 0 Å². The van der Waals surface area contributed by atoms with Crippen LogP contribution in [0, 0.1) is 0 Å². The van der Waals surface area contributed by atoms with E-state index in [0.717, 1.165) is 0 Å². The van der Waals surface area contributed by atoms with Crippen molar-refractivity contribution in [2.75, 3.05) is 0 Å². The second-order valence-corrected chi connectivity index (χ2v) is 7.80. The van der Waals surface area contributed by atoms with Gasteiger partial charge in [0.2, 0.25) is 10.0 Å². The first-order valence-corrected chi connectivity index (χ1v) is 8.41. The summed E-state index contributed by atoms with van der Waals surface area (Å²) in [5.74, 6) is -1.13. The Kier molecular flexibility index (Phi) is 4.53. The molecule has 0 saturated carbocycles. The summed E-state index contributed by atoms with van der Waals surface area (Å²) in [7, 11) is -3.66. The van der Waals surface area contributed by atoms with Gasteiger partial charge in [-0.1, -0.05) is 12.1 Å². The van der Waals surface area contributed by atoms with Gasteiger partial charge < -0.3 is 5.11 Å². The van der Waals surface area contributed by atoms with Gasteiger partial charge in [-0.15, -0.1) is 0 Å². The number of aromatic carboxylic acids is 1. The fourth-order valence-corrected chi connectivity index (χ4v) is 3.50. The lowest BCUT2D eigenvalue weighted by Crippen LogP contribution is -2.40. The highest BCUT2D eigenvalue weighted by molar-refractivity contribution is 7.89. The van der Waals surface area contributed by atoms with Gasteiger partial charge in [0.25, 0.3) is 0 Å². The van der Waals surface area contributed by atoms with Crippen molar-refractivity contribution in [1.82, 2.24) is 9.71 Å². The maximum absolute atomic E-state index is 12.4. The van der Waals surface area contributed by atoms with Crippen LogP contribution in [0.3, 0.4) is 0 Å². The fourth-order valence-electron chi connectivity index (χ4n) is 2.03. The van der Waals surface area contributed by atoms with Crippen molar-refractivity contribution in [3.8, 4) is 11.1 Å². The van der Waals surface area contributed by atoms with Crippen LogP contribution in [-0.4, -0.2) is 30.0 Å². The zero-order chi connectivity index (χ0) is 17.3. The molecule has 23 heavy (non-hydrogen) atoms. The molecule has 2 aromatic rings. The first-order valence-electron chi connectivity index (χ1n) is 6.92. The van der Waals surface area contributed by atoms with Crippen molar-refractivity contribution in [3.63, 3.8) is 0 Å². The Balaban J connectivity index is 2.45. The predicted molar refractivity (Wildman–Crippen MR) is 86.7 cm³/mol. The maximum atomic E-state index is 12.4. The largest absolute Gasteiger partial charge is 0.477 e. The van der Waals surface area contributed by atoms with Crippen LogP contribution in [0.4, 0.5) is 0 Å². The summed E-state index contributed by atoms with van der Waals surface area (Å²) in [6.45, 7) is 5.28. The summed E-state index contributed by atoms with van der Waals surface area (Å²) in [6.07, 6.45) is 1.38. The highest BCUT2D eigenvalue weighted by atomic mass is 32.2. The molecule has 122 valence electrons. The lowest BCUT2D eigenvalue weighted by atomic mass is 10.1. The summed E-state index contributed by atoms with van der Waals surface area (Å²) < 4.78 is 27.4. The Morgan fingerprint density at radius 1 is 1.13 bits per heavy atom. The molecule has 0 aliphatic carbocycles. The Labute approximate surface area is 135 Å². The zero-order valence-corrected chi connectivity index (χ0v) is 13.9. The van der Waals surface area contributed by atoms with Crippen molar-refractivity contribution >= 4 is 16.0 Å². The van der Waals surface area contributed by atoms with E-state index in [0.29, 0.717) is 11.1 Å². The number of sulfonamides is 1. The first-order chi connectivity index (χ1) is 10.6. The third-order valence-corrected chi connectivity index (χ3v) is 4.65. The molecule has 6 nitrogen and oxygen atoms in total. The van der Waals surface area contributed by atoms with Crippen LogP contribution in [-0.2, 0) is 10.0 Å². The number of hydrogen-bond acceptors (Lipinski definition) is 4. The number of hydrogen-bond donors (Lipinski definition) is 2. The van der Waals surface area contributed by atoms with Crippen LogP contribution >= 0.6 is 0 Å². The van der Waals surface area contributed by atoms with Crippen molar-refractivity contribution in [2.24, 2.45) is 0 Å². The van der Waals surface area contributed by atoms with Crippen LogP contribution < -0.4 is 4.72 Å². The number of carboxylic acid groups (broad SMARTS) is 1. The van der Waals surface area contributed by atoms with E-state index >= 15 is 0 Å². The number of benzene rings is 1. The fraction of sp³-hybridized carbons (Fsp3) is 0.250. The lowest BCUT2D eigenvalue weighted by Gasteiger charge is -2.20. The predicted octanol–water partition coefficient (Wildman–Crippen LogP) is 2.52. The minimum absolute atomic E-state index is 0.0939. The topological polar surface area (TPSA) is 96.4 Å². The van der Waals surface area contributed by atoms with Crippen LogP contribution in [0.1, 0.15) is 31.3 Å². The van der Waals surface area contributed by atoms with Crippen LogP contribution in [0.15, 0.2) is 47.5 Å². The van der Waals surface area contributed by atoms with E-state index < -0.39 is 21.5 Å². The van der Waals surface area contributed by atoms with Gasteiger partial charge in [-0.2, -0.15) is 0 Å². The molecule has 2 rings (SSSR count). The number of carboxylic acids is 1. The molecule has 0 atom stereocenters. The van der Waals surface area contributed by atoms with E-state index in [1.54, 1.807) is 39.0 Å². The Hall–Kier alpha value is -2.25.